The van der Waals surface area contributed by atoms with Gasteiger partial charge in [0.1, 0.15) is 11.5 Å². The summed E-state index contributed by atoms with van der Waals surface area (Å²) < 4.78 is 11.0. The van der Waals surface area contributed by atoms with Gasteiger partial charge in [-0.15, -0.1) is 0 Å². The summed E-state index contributed by atoms with van der Waals surface area (Å²) in [7, 11) is 0. The standard InChI is InChI=1S/C15H16O3/c1-12(16)14-9-5-6-10-15(14)18-11-17-13-7-3-2-4-8-13/h2-10,12,16H,11H2,1H3. The van der Waals surface area contributed by atoms with Crippen LogP contribution in [0.3, 0.4) is 0 Å². The lowest BCUT2D eigenvalue weighted by Gasteiger charge is -2.13. The number of rotatable bonds is 5. The zero-order chi connectivity index (χ0) is 12.8. The second-order valence-corrected chi connectivity index (χ2v) is 3.93. The average molecular weight is 244 g/mol. The molecule has 2 aromatic rings. The van der Waals surface area contributed by atoms with Crippen LogP contribution in [0, 0.1) is 0 Å². The molecule has 0 aliphatic rings. The molecule has 3 heteroatoms. The predicted octanol–water partition coefficient (Wildman–Crippen LogP) is 3.16. The van der Waals surface area contributed by atoms with Gasteiger partial charge in [-0.05, 0) is 25.1 Å². The Morgan fingerprint density at radius 1 is 0.944 bits per heavy atom. The molecule has 18 heavy (non-hydrogen) atoms. The lowest BCUT2D eigenvalue weighted by Crippen LogP contribution is -2.07. The van der Waals surface area contributed by atoms with E-state index in [-0.39, 0.29) is 6.79 Å². The monoisotopic (exact) mass is 244 g/mol. The molecular formula is C15H16O3. The normalized spacial score (nSPS) is 11.9. The Bertz CT molecular complexity index is 480. The number of aliphatic hydroxyl groups is 1. The van der Waals surface area contributed by atoms with E-state index in [0.29, 0.717) is 5.75 Å². The molecule has 2 rings (SSSR count). The van der Waals surface area contributed by atoms with Crippen LogP contribution >= 0.6 is 0 Å². The second-order valence-electron chi connectivity index (χ2n) is 3.93. The van der Waals surface area contributed by atoms with Crippen molar-refractivity contribution in [3.63, 3.8) is 0 Å². The van der Waals surface area contributed by atoms with Crippen LogP contribution in [-0.2, 0) is 0 Å². The number of aliphatic hydroxyl groups excluding tert-OH is 1. The van der Waals surface area contributed by atoms with Gasteiger partial charge in [0, 0.05) is 5.56 Å². The molecule has 0 aliphatic carbocycles. The molecule has 0 saturated heterocycles. The number of hydrogen-bond donors (Lipinski definition) is 1. The fourth-order valence-corrected chi connectivity index (χ4v) is 1.63. The summed E-state index contributed by atoms with van der Waals surface area (Å²) in [6, 6.07) is 16.8. The molecule has 1 atom stereocenters. The van der Waals surface area contributed by atoms with Crippen LogP contribution < -0.4 is 9.47 Å². The van der Waals surface area contributed by atoms with E-state index < -0.39 is 6.10 Å². The minimum atomic E-state index is -0.557. The molecule has 3 nitrogen and oxygen atoms in total. The van der Waals surface area contributed by atoms with E-state index in [0.717, 1.165) is 11.3 Å². The van der Waals surface area contributed by atoms with E-state index in [2.05, 4.69) is 0 Å². The largest absolute Gasteiger partial charge is 0.458 e. The van der Waals surface area contributed by atoms with E-state index in [1.807, 2.05) is 54.6 Å². The van der Waals surface area contributed by atoms with Crippen LogP contribution in [-0.4, -0.2) is 11.9 Å². The molecule has 0 spiro atoms. The predicted molar refractivity (Wildman–Crippen MR) is 69.6 cm³/mol. The average Bonchev–Trinajstić information content (AvgIpc) is 2.40. The third-order valence-electron chi connectivity index (χ3n) is 2.55. The molecule has 0 fully saturated rings. The Labute approximate surface area is 107 Å². The highest BCUT2D eigenvalue weighted by Gasteiger charge is 2.07. The van der Waals surface area contributed by atoms with Gasteiger partial charge in [0.2, 0.25) is 6.79 Å². The van der Waals surface area contributed by atoms with Gasteiger partial charge in [-0.2, -0.15) is 0 Å². The van der Waals surface area contributed by atoms with Gasteiger partial charge in [-0.1, -0.05) is 36.4 Å². The molecule has 2 aromatic carbocycles. The Morgan fingerprint density at radius 3 is 2.33 bits per heavy atom. The van der Waals surface area contributed by atoms with Crippen LogP contribution in [0.4, 0.5) is 0 Å². The minimum Gasteiger partial charge on any atom is -0.458 e. The first kappa shape index (κ1) is 12.5. The zero-order valence-electron chi connectivity index (χ0n) is 10.2. The lowest BCUT2D eigenvalue weighted by molar-refractivity contribution is 0.113. The highest BCUT2D eigenvalue weighted by atomic mass is 16.7. The third-order valence-corrected chi connectivity index (χ3v) is 2.55. The molecule has 1 unspecified atom stereocenters. The van der Waals surface area contributed by atoms with Gasteiger partial charge in [-0.3, -0.25) is 0 Å². The summed E-state index contributed by atoms with van der Waals surface area (Å²) in [5, 5.41) is 9.60. The number of para-hydroxylation sites is 2. The summed E-state index contributed by atoms with van der Waals surface area (Å²) in [5.74, 6) is 1.40. The first-order valence-electron chi connectivity index (χ1n) is 5.85. The smallest absolute Gasteiger partial charge is 0.230 e. The molecule has 0 saturated carbocycles. The van der Waals surface area contributed by atoms with Gasteiger partial charge in [-0.25, -0.2) is 0 Å². The molecule has 0 bridgehead atoms. The SMILES string of the molecule is CC(O)c1ccccc1OCOc1ccccc1. The van der Waals surface area contributed by atoms with Crippen molar-refractivity contribution in [2.45, 2.75) is 13.0 Å². The van der Waals surface area contributed by atoms with Crippen molar-refractivity contribution in [1.82, 2.24) is 0 Å². The van der Waals surface area contributed by atoms with Crippen molar-refractivity contribution in [3.05, 3.63) is 60.2 Å². The first-order chi connectivity index (χ1) is 8.77. The van der Waals surface area contributed by atoms with Crippen molar-refractivity contribution in [1.29, 1.82) is 0 Å². The topological polar surface area (TPSA) is 38.7 Å². The second kappa shape index (κ2) is 6.07. The van der Waals surface area contributed by atoms with Crippen LogP contribution in [0.1, 0.15) is 18.6 Å². The van der Waals surface area contributed by atoms with Crippen LogP contribution in [0.2, 0.25) is 0 Å². The molecule has 0 radical (unpaired) electrons. The van der Waals surface area contributed by atoms with Gasteiger partial charge in [0.15, 0.2) is 0 Å². The maximum Gasteiger partial charge on any atom is 0.230 e. The molecule has 1 N–H and O–H groups in total. The summed E-state index contributed by atoms with van der Waals surface area (Å²) in [6.07, 6.45) is -0.557. The Morgan fingerprint density at radius 2 is 1.61 bits per heavy atom. The lowest BCUT2D eigenvalue weighted by atomic mass is 10.1. The van der Waals surface area contributed by atoms with Crippen molar-refractivity contribution >= 4 is 0 Å². The van der Waals surface area contributed by atoms with Crippen LogP contribution in [0.5, 0.6) is 11.5 Å². The Hall–Kier alpha value is -2.00. The fraction of sp³-hybridized carbons (Fsp3) is 0.200. The molecular weight excluding hydrogens is 228 g/mol. The van der Waals surface area contributed by atoms with Crippen molar-refractivity contribution in [3.8, 4) is 11.5 Å². The van der Waals surface area contributed by atoms with Gasteiger partial charge >= 0.3 is 0 Å². The van der Waals surface area contributed by atoms with E-state index in [9.17, 15) is 5.11 Å². The van der Waals surface area contributed by atoms with Gasteiger partial charge in [0.05, 0.1) is 6.10 Å². The number of hydrogen-bond acceptors (Lipinski definition) is 3. The van der Waals surface area contributed by atoms with E-state index >= 15 is 0 Å². The minimum absolute atomic E-state index is 0.119. The molecule has 0 heterocycles. The molecule has 0 amide bonds. The highest BCUT2D eigenvalue weighted by molar-refractivity contribution is 5.34. The van der Waals surface area contributed by atoms with E-state index in [4.69, 9.17) is 9.47 Å². The third kappa shape index (κ3) is 3.25. The van der Waals surface area contributed by atoms with Gasteiger partial charge in [0.25, 0.3) is 0 Å². The first-order valence-corrected chi connectivity index (χ1v) is 5.85. The summed E-state index contributed by atoms with van der Waals surface area (Å²) >= 11 is 0. The van der Waals surface area contributed by atoms with Crippen molar-refractivity contribution < 1.29 is 14.6 Å². The number of ether oxygens (including phenoxy) is 2. The van der Waals surface area contributed by atoms with E-state index in [1.54, 1.807) is 6.92 Å². The Balaban J connectivity index is 1.94. The Kier molecular flexibility index (Phi) is 4.20. The van der Waals surface area contributed by atoms with Crippen molar-refractivity contribution in [2.24, 2.45) is 0 Å². The maximum atomic E-state index is 9.60. The van der Waals surface area contributed by atoms with Crippen LogP contribution in [0.25, 0.3) is 0 Å². The molecule has 0 aromatic heterocycles. The zero-order valence-corrected chi connectivity index (χ0v) is 10.2. The molecule has 0 aliphatic heterocycles. The highest BCUT2D eigenvalue weighted by Crippen LogP contribution is 2.24. The fourth-order valence-electron chi connectivity index (χ4n) is 1.63. The maximum absolute atomic E-state index is 9.60. The van der Waals surface area contributed by atoms with Gasteiger partial charge < -0.3 is 14.6 Å². The quantitative estimate of drug-likeness (QED) is 0.821. The number of benzene rings is 2. The summed E-state index contributed by atoms with van der Waals surface area (Å²) in [4.78, 5) is 0. The van der Waals surface area contributed by atoms with Crippen LogP contribution in [0.15, 0.2) is 54.6 Å². The summed E-state index contributed by atoms with van der Waals surface area (Å²) in [6.45, 7) is 1.83. The van der Waals surface area contributed by atoms with E-state index in [1.165, 1.54) is 0 Å². The van der Waals surface area contributed by atoms with Crippen molar-refractivity contribution in [2.75, 3.05) is 6.79 Å². The molecule has 94 valence electrons. The summed E-state index contributed by atoms with van der Waals surface area (Å²) in [5.41, 5.74) is 0.758.